The molecule has 1 amide bonds. The van der Waals surface area contributed by atoms with Gasteiger partial charge in [0.1, 0.15) is 5.75 Å². The van der Waals surface area contributed by atoms with E-state index in [1.54, 1.807) is 31.3 Å². The summed E-state index contributed by atoms with van der Waals surface area (Å²) in [6.07, 6.45) is 1.47. The molecule has 1 aromatic heterocycles. The highest BCUT2D eigenvalue weighted by Gasteiger charge is 2.17. The Balaban J connectivity index is 2.19. The van der Waals surface area contributed by atoms with E-state index in [9.17, 15) is 9.90 Å². The number of phenolic OH excluding ortho intramolecular Hbond substituents is 1. The monoisotopic (exact) mass is 290 g/mol. The van der Waals surface area contributed by atoms with Gasteiger partial charge < -0.3 is 10.0 Å². The molecule has 1 N–H and O–H groups in total. The Morgan fingerprint density at radius 3 is 2.75 bits per heavy atom. The number of benzene rings is 1. The van der Waals surface area contributed by atoms with Crippen LogP contribution in [0.25, 0.3) is 0 Å². The molecule has 0 aliphatic rings. The van der Waals surface area contributed by atoms with Crippen LogP contribution in [-0.2, 0) is 6.54 Å². The van der Waals surface area contributed by atoms with Crippen LogP contribution in [0.3, 0.4) is 0 Å². The molecular formula is C15H15ClN2O2. The molecule has 0 bridgehead atoms. The van der Waals surface area contributed by atoms with Crippen molar-refractivity contribution in [3.63, 3.8) is 0 Å². The summed E-state index contributed by atoms with van der Waals surface area (Å²) in [5, 5.41) is 10.1. The van der Waals surface area contributed by atoms with Crippen molar-refractivity contribution >= 4 is 17.5 Å². The van der Waals surface area contributed by atoms with Gasteiger partial charge in [0, 0.05) is 31.0 Å². The average Bonchev–Trinajstić information content (AvgIpc) is 2.40. The van der Waals surface area contributed by atoms with Crippen molar-refractivity contribution in [1.82, 2.24) is 9.88 Å². The van der Waals surface area contributed by atoms with E-state index in [1.165, 1.54) is 11.1 Å². The summed E-state index contributed by atoms with van der Waals surface area (Å²) < 4.78 is 0. The summed E-state index contributed by atoms with van der Waals surface area (Å²) in [4.78, 5) is 17.9. The Morgan fingerprint density at radius 1 is 1.40 bits per heavy atom. The normalized spacial score (nSPS) is 10.3. The van der Waals surface area contributed by atoms with Crippen LogP contribution in [0.5, 0.6) is 5.75 Å². The molecule has 4 nitrogen and oxygen atoms in total. The summed E-state index contributed by atoms with van der Waals surface area (Å²) >= 11 is 6.07. The fraction of sp³-hybridized carbons (Fsp3) is 0.200. The molecule has 2 rings (SSSR count). The van der Waals surface area contributed by atoms with Gasteiger partial charge in [0.05, 0.1) is 10.6 Å². The number of rotatable bonds is 3. The molecule has 5 heteroatoms. The second kappa shape index (κ2) is 5.92. The van der Waals surface area contributed by atoms with E-state index in [-0.39, 0.29) is 11.7 Å². The fourth-order valence-corrected chi connectivity index (χ4v) is 2.15. The number of carbonyl (C=O) groups is 1. The van der Waals surface area contributed by atoms with E-state index >= 15 is 0 Å². The molecule has 104 valence electrons. The first-order valence-corrected chi connectivity index (χ1v) is 6.51. The van der Waals surface area contributed by atoms with Gasteiger partial charge in [-0.25, -0.2) is 0 Å². The number of halogens is 1. The molecule has 0 saturated carbocycles. The largest absolute Gasteiger partial charge is 0.508 e. The smallest absolute Gasteiger partial charge is 0.256 e. The number of aryl methyl sites for hydroxylation is 1. The molecule has 0 unspecified atom stereocenters. The third kappa shape index (κ3) is 3.08. The number of hydrogen-bond donors (Lipinski definition) is 1. The maximum atomic E-state index is 12.3. The van der Waals surface area contributed by atoms with Crippen molar-refractivity contribution in [1.29, 1.82) is 0 Å². The van der Waals surface area contributed by atoms with E-state index in [0.717, 1.165) is 5.69 Å². The second-order valence-electron chi connectivity index (χ2n) is 4.60. The molecule has 1 aromatic carbocycles. The van der Waals surface area contributed by atoms with Crippen molar-refractivity contribution in [2.45, 2.75) is 13.5 Å². The number of aromatic hydroxyl groups is 1. The number of nitrogens with zero attached hydrogens (tertiary/aromatic N) is 2. The predicted molar refractivity (Wildman–Crippen MR) is 77.9 cm³/mol. The van der Waals surface area contributed by atoms with Crippen LogP contribution >= 0.6 is 11.6 Å². The predicted octanol–water partition coefficient (Wildman–Crippen LogP) is 3.02. The van der Waals surface area contributed by atoms with Crippen LogP contribution in [0.2, 0.25) is 5.02 Å². The fourth-order valence-electron chi connectivity index (χ4n) is 1.86. The molecule has 0 fully saturated rings. The van der Waals surface area contributed by atoms with E-state index in [2.05, 4.69) is 4.98 Å². The van der Waals surface area contributed by atoms with Crippen molar-refractivity contribution in [3.05, 3.63) is 58.4 Å². The maximum absolute atomic E-state index is 12.3. The molecule has 0 spiro atoms. The zero-order chi connectivity index (χ0) is 14.7. The van der Waals surface area contributed by atoms with E-state index < -0.39 is 0 Å². The van der Waals surface area contributed by atoms with Crippen molar-refractivity contribution < 1.29 is 9.90 Å². The minimum Gasteiger partial charge on any atom is -0.508 e. The highest BCUT2D eigenvalue weighted by Crippen LogP contribution is 2.21. The van der Waals surface area contributed by atoms with Crippen LogP contribution in [0, 0.1) is 6.92 Å². The zero-order valence-electron chi connectivity index (χ0n) is 11.3. The molecule has 0 saturated heterocycles. The average molecular weight is 291 g/mol. The van der Waals surface area contributed by atoms with Crippen LogP contribution in [0.1, 0.15) is 21.6 Å². The number of phenols is 1. The first-order chi connectivity index (χ1) is 9.49. The lowest BCUT2D eigenvalue weighted by Crippen LogP contribution is -2.26. The Hall–Kier alpha value is -2.07. The summed E-state index contributed by atoms with van der Waals surface area (Å²) in [5.41, 5.74) is 1.80. The Morgan fingerprint density at radius 2 is 2.10 bits per heavy atom. The molecule has 0 atom stereocenters. The lowest BCUT2D eigenvalue weighted by Gasteiger charge is -2.18. The highest BCUT2D eigenvalue weighted by molar-refractivity contribution is 6.33. The Labute approximate surface area is 122 Å². The molecule has 1 heterocycles. The van der Waals surface area contributed by atoms with Gasteiger partial charge in [0.25, 0.3) is 5.91 Å². The van der Waals surface area contributed by atoms with Gasteiger partial charge in [0.15, 0.2) is 0 Å². The summed E-state index contributed by atoms with van der Waals surface area (Å²) in [6.45, 7) is 2.11. The minimum absolute atomic E-state index is 0.167. The molecule has 0 aliphatic carbocycles. The van der Waals surface area contributed by atoms with Crippen LogP contribution in [-0.4, -0.2) is 27.9 Å². The van der Waals surface area contributed by atoms with Crippen LogP contribution in [0.4, 0.5) is 0 Å². The van der Waals surface area contributed by atoms with Crippen molar-refractivity contribution in [2.24, 2.45) is 0 Å². The number of aromatic nitrogens is 1. The number of amides is 1. The highest BCUT2D eigenvalue weighted by atomic mass is 35.5. The van der Waals surface area contributed by atoms with E-state index in [4.69, 9.17) is 11.6 Å². The van der Waals surface area contributed by atoms with E-state index in [0.29, 0.717) is 22.7 Å². The molecule has 20 heavy (non-hydrogen) atoms. The summed E-state index contributed by atoms with van der Waals surface area (Å²) in [6, 6.07) is 8.57. The van der Waals surface area contributed by atoms with Gasteiger partial charge >= 0.3 is 0 Å². The standard InChI is InChI=1S/C15H15ClN2O2/c1-10-7-13(16)12(8-17-10)15(20)18(2)9-11-5-3-4-6-14(11)19/h3-8,19H,9H2,1-2H3. The molecular weight excluding hydrogens is 276 g/mol. The van der Waals surface area contributed by atoms with Crippen LogP contribution < -0.4 is 0 Å². The summed E-state index contributed by atoms with van der Waals surface area (Å²) in [7, 11) is 1.66. The van der Waals surface area contributed by atoms with Crippen LogP contribution in [0.15, 0.2) is 36.5 Å². The number of pyridine rings is 1. The number of hydrogen-bond acceptors (Lipinski definition) is 3. The van der Waals surface area contributed by atoms with Gasteiger partial charge in [-0.15, -0.1) is 0 Å². The molecule has 2 aromatic rings. The molecule has 0 aliphatic heterocycles. The first-order valence-electron chi connectivity index (χ1n) is 6.13. The maximum Gasteiger partial charge on any atom is 0.256 e. The SMILES string of the molecule is Cc1cc(Cl)c(C(=O)N(C)Cc2ccccc2O)cn1. The lowest BCUT2D eigenvalue weighted by atomic mass is 10.1. The first kappa shape index (κ1) is 14.3. The Bertz CT molecular complexity index is 644. The van der Waals surface area contributed by atoms with E-state index in [1.807, 2.05) is 13.0 Å². The number of carbonyl (C=O) groups excluding carboxylic acids is 1. The lowest BCUT2D eigenvalue weighted by molar-refractivity contribution is 0.0784. The Kier molecular flexibility index (Phi) is 4.25. The molecule has 0 radical (unpaired) electrons. The summed E-state index contributed by atoms with van der Waals surface area (Å²) in [5.74, 6) is -0.0639. The van der Waals surface area contributed by atoms with Crippen molar-refractivity contribution in [2.75, 3.05) is 7.05 Å². The van der Waals surface area contributed by atoms with Gasteiger partial charge in [-0.2, -0.15) is 0 Å². The topological polar surface area (TPSA) is 53.4 Å². The quantitative estimate of drug-likeness (QED) is 0.945. The van der Waals surface area contributed by atoms with Gasteiger partial charge in [-0.1, -0.05) is 29.8 Å². The zero-order valence-corrected chi connectivity index (χ0v) is 12.1. The van der Waals surface area contributed by atoms with Gasteiger partial charge in [0.2, 0.25) is 0 Å². The van der Waals surface area contributed by atoms with Gasteiger partial charge in [-0.3, -0.25) is 9.78 Å². The third-order valence-electron chi connectivity index (χ3n) is 2.97. The van der Waals surface area contributed by atoms with Gasteiger partial charge in [-0.05, 0) is 19.1 Å². The van der Waals surface area contributed by atoms with Crippen molar-refractivity contribution in [3.8, 4) is 5.75 Å². The minimum atomic E-state index is -0.231. The number of para-hydroxylation sites is 1. The third-order valence-corrected chi connectivity index (χ3v) is 3.28. The second-order valence-corrected chi connectivity index (χ2v) is 5.00.